The molecule has 0 spiro atoms. The van der Waals surface area contributed by atoms with E-state index in [1.54, 1.807) is 65.3 Å². The summed E-state index contributed by atoms with van der Waals surface area (Å²) in [6, 6.07) is 10.1. The van der Waals surface area contributed by atoms with Crippen molar-refractivity contribution in [1.82, 2.24) is 4.57 Å². The number of carbonyl (C=O) groups is 1. The van der Waals surface area contributed by atoms with Gasteiger partial charge in [0, 0.05) is 10.0 Å². The first-order valence-corrected chi connectivity index (χ1v) is 13.8. The van der Waals surface area contributed by atoms with Crippen molar-refractivity contribution in [3.63, 3.8) is 0 Å². The van der Waals surface area contributed by atoms with Crippen molar-refractivity contribution in [3.8, 4) is 17.2 Å². The van der Waals surface area contributed by atoms with Crippen LogP contribution in [0.4, 0.5) is 0 Å². The summed E-state index contributed by atoms with van der Waals surface area (Å²) in [6.45, 7) is 9.31. The first-order valence-electron chi connectivity index (χ1n) is 12.2. The van der Waals surface area contributed by atoms with Crippen molar-refractivity contribution in [3.05, 3.63) is 95.6 Å². The van der Waals surface area contributed by atoms with E-state index in [2.05, 4.69) is 27.5 Å². The molecule has 0 fully saturated rings. The topological polar surface area (TPSA) is 88.4 Å². The van der Waals surface area contributed by atoms with Crippen molar-refractivity contribution in [2.45, 2.75) is 32.9 Å². The Labute approximate surface area is 238 Å². The molecule has 10 heteroatoms. The molecule has 2 heterocycles. The summed E-state index contributed by atoms with van der Waals surface area (Å²) in [5.41, 5.74) is 1.85. The van der Waals surface area contributed by atoms with Crippen LogP contribution in [0.15, 0.2) is 74.6 Å². The van der Waals surface area contributed by atoms with Crippen molar-refractivity contribution >= 4 is 39.3 Å². The fraction of sp³-hybridized carbons (Fsp3) is 0.276. The molecule has 0 bridgehead atoms. The van der Waals surface area contributed by atoms with Gasteiger partial charge in [-0.15, -0.1) is 0 Å². The van der Waals surface area contributed by atoms with Gasteiger partial charge in [0.05, 0.1) is 36.1 Å². The van der Waals surface area contributed by atoms with E-state index < -0.39 is 12.0 Å². The maximum absolute atomic E-state index is 13.9. The minimum atomic E-state index is -0.800. The van der Waals surface area contributed by atoms with Gasteiger partial charge in [0.15, 0.2) is 16.3 Å². The first-order chi connectivity index (χ1) is 18.7. The largest absolute Gasteiger partial charge is 0.496 e. The predicted molar refractivity (Wildman–Crippen MR) is 154 cm³/mol. The van der Waals surface area contributed by atoms with Gasteiger partial charge in [0.25, 0.3) is 5.56 Å². The van der Waals surface area contributed by atoms with E-state index in [4.69, 9.17) is 18.9 Å². The molecule has 8 nitrogen and oxygen atoms in total. The van der Waals surface area contributed by atoms with Crippen LogP contribution in [0.2, 0.25) is 0 Å². The monoisotopic (exact) mass is 612 g/mol. The minimum Gasteiger partial charge on any atom is -0.496 e. The Morgan fingerprint density at radius 2 is 1.87 bits per heavy atom. The van der Waals surface area contributed by atoms with Gasteiger partial charge in [-0.1, -0.05) is 46.0 Å². The molecule has 0 N–H and O–H groups in total. The molecule has 1 atom stereocenters. The maximum Gasteiger partial charge on any atom is 0.338 e. The predicted octanol–water partition coefficient (Wildman–Crippen LogP) is 4.53. The number of benzene rings is 2. The molecule has 0 aliphatic carbocycles. The quantitative estimate of drug-likeness (QED) is 0.261. The van der Waals surface area contributed by atoms with Crippen LogP contribution in [0.3, 0.4) is 0 Å². The summed E-state index contributed by atoms with van der Waals surface area (Å²) < 4.78 is 25.1. The zero-order valence-electron chi connectivity index (χ0n) is 22.3. The number of nitrogens with zero attached hydrogens (tertiary/aromatic N) is 2. The van der Waals surface area contributed by atoms with Gasteiger partial charge in [-0.05, 0) is 62.7 Å². The lowest BCUT2D eigenvalue weighted by Crippen LogP contribution is -2.40. The highest BCUT2D eigenvalue weighted by Crippen LogP contribution is 2.37. The van der Waals surface area contributed by atoms with E-state index in [1.807, 2.05) is 18.2 Å². The number of methoxy groups -OCH3 is 2. The SMILES string of the molecule is C=CCOc1ccc(/C=c2\sc3n(c2=O)[C@@H](c2cc(Br)ccc2OC)C(C(=O)OC(C)C)=C(C)N=3)cc1OC. The van der Waals surface area contributed by atoms with Gasteiger partial charge in [-0.25, -0.2) is 9.79 Å². The molecule has 0 saturated carbocycles. The molecule has 1 aliphatic heterocycles. The standard InChI is InChI=1S/C29H29BrN2O6S/c1-7-12-37-22-10-8-18(13-23(22)36-6)14-24-27(33)32-26(20-15-19(30)9-11-21(20)35-5)25(28(34)38-16(2)3)17(4)31-29(32)39-24/h7-11,13-16,26H,1,12H2,2-6H3/b24-14-/t26-/m0/s1. The van der Waals surface area contributed by atoms with E-state index in [0.717, 1.165) is 10.0 Å². The zero-order chi connectivity index (χ0) is 28.3. The normalized spacial score (nSPS) is 15.1. The van der Waals surface area contributed by atoms with E-state index in [-0.39, 0.29) is 17.2 Å². The summed E-state index contributed by atoms with van der Waals surface area (Å²) in [6.07, 6.45) is 3.07. The molecule has 0 radical (unpaired) electrons. The van der Waals surface area contributed by atoms with Gasteiger partial charge in [0.1, 0.15) is 18.4 Å². The Morgan fingerprint density at radius 1 is 1.15 bits per heavy atom. The number of hydrogen-bond acceptors (Lipinski definition) is 8. The number of aromatic nitrogens is 1. The average molecular weight is 614 g/mol. The second kappa shape index (κ2) is 12.0. The number of allylic oxidation sites excluding steroid dienone is 1. The van der Waals surface area contributed by atoms with Crippen LogP contribution in [0.25, 0.3) is 6.08 Å². The first kappa shape index (κ1) is 28.4. The summed E-state index contributed by atoms with van der Waals surface area (Å²) >= 11 is 4.76. The molecule has 0 unspecified atom stereocenters. The molecule has 204 valence electrons. The summed E-state index contributed by atoms with van der Waals surface area (Å²) in [5, 5.41) is 0. The fourth-order valence-corrected chi connectivity index (χ4v) is 5.69. The van der Waals surface area contributed by atoms with E-state index in [0.29, 0.717) is 44.4 Å². The van der Waals surface area contributed by atoms with Gasteiger partial charge < -0.3 is 18.9 Å². The molecular weight excluding hydrogens is 584 g/mol. The van der Waals surface area contributed by atoms with E-state index >= 15 is 0 Å². The third-order valence-electron chi connectivity index (χ3n) is 5.91. The van der Waals surface area contributed by atoms with Crippen LogP contribution in [-0.2, 0) is 9.53 Å². The number of hydrogen-bond donors (Lipinski definition) is 0. The molecular formula is C29H29BrN2O6S. The number of esters is 1. The van der Waals surface area contributed by atoms with E-state index in [9.17, 15) is 9.59 Å². The third kappa shape index (κ3) is 5.86. The number of ether oxygens (including phenoxy) is 4. The van der Waals surface area contributed by atoms with Crippen molar-refractivity contribution in [1.29, 1.82) is 0 Å². The lowest BCUT2D eigenvalue weighted by Gasteiger charge is -2.26. The summed E-state index contributed by atoms with van der Waals surface area (Å²) in [4.78, 5) is 32.4. The van der Waals surface area contributed by atoms with Crippen LogP contribution in [0.1, 0.15) is 37.9 Å². The third-order valence-corrected chi connectivity index (χ3v) is 7.39. The number of fused-ring (bicyclic) bond motifs is 1. The maximum atomic E-state index is 13.9. The highest BCUT2D eigenvalue weighted by Gasteiger charge is 2.35. The molecule has 3 aromatic rings. The van der Waals surface area contributed by atoms with Gasteiger partial charge in [-0.3, -0.25) is 9.36 Å². The van der Waals surface area contributed by atoms with Crippen molar-refractivity contribution in [2.75, 3.05) is 20.8 Å². The zero-order valence-corrected chi connectivity index (χ0v) is 24.7. The molecule has 1 aliphatic rings. The number of thiazole rings is 1. The Morgan fingerprint density at radius 3 is 2.54 bits per heavy atom. The number of carbonyl (C=O) groups excluding carboxylic acids is 1. The molecule has 4 rings (SSSR count). The second-order valence-electron chi connectivity index (χ2n) is 8.93. The molecule has 2 aromatic carbocycles. The number of halogens is 1. The average Bonchev–Trinajstić information content (AvgIpc) is 3.20. The van der Waals surface area contributed by atoms with Crippen LogP contribution in [0, 0.1) is 0 Å². The lowest BCUT2D eigenvalue weighted by atomic mass is 9.95. The molecule has 0 amide bonds. The Hall–Kier alpha value is -3.63. The minimum absolute atomic E-state index is 0.282. The smallest absolute Gasteiger partial charge is 0.338 e. The Balaban J connectivity index is 1.93. The highest BCUT2D eigenvalue weighted by molar-refractivity contribution is 9.10. The summed E-state index contributed by atoms with van der Waals surface area (Å²) in [5.74, 6) is 1.10. The Bertz CT molecular complexity index is 1640. The fourth-order valence-electron chi connectivity index (χ4n) is 4.27. The van der Waals surface area contributed by atoms with Gasteiger partial charge in [0.2, 0.25) is 0 Å². The van der Waals surface area contributed by atoms with Crippen molar-refractivity contribution in [2.24, 2.45) is 4.99 Å². The second-order valence-corrected chi connectivity index (χ2v) is 10.9. The lowest BCUT2D eigenvalue weighted by molar-refractivity contribution is -0.143. The molecule has 1 aromatic heterocycles. The molecule has 39 heavy (non-hydrogen) atoms. The number of rotatable bonds is 9. The van der Waals surface area contributed by atoms with E-state index in [1.165, 1.54) is 15.9 Å². The molecule has 0 saturated heterocycles. The van der Waals surface area contributed by atoms with Crippen LogP contribution >= 0.6 is 27.3 Å². The highest BCUT2D eigenvalue weighted by atomic mass is 79.9. The van der Waals surface area contributed by atoms with Crippen molar-refractivity contribution < 1.29 is 23.7 Å². The van der Waals surface area contributed by atoms with Gasteiger partial charge in [-0.2, -0.15) is 0 Å². The van der Waals surface area contributed by atoms with Crippen LogP contribution in [-0.4, -0.2) is 37.5 Å². The van der Waals surface area contributed by atoms with Crippen LogP contribution in [0.5, 0.6) is 17.2 Å². The van der Waals surface area contributed by atoms with Gasteiger partial charge >= 0.3 is 5.97 Å². The summed E-state index contributed by atoms with van der Waals surface area (Å²) in [7, 11) is 3.11. The Kier molecular flexibility index (Phi) is 8.76. The van der Waals surface area contributed by atoms with Crippen LogP contribution < -0.4 is 29.1 Å².